The lowest BCUT2D eigenvalue weighted by Gasteiger charge is -2.27. The van der Waals surface area contributed by atoms with Crippen molar-refractivity contribution in [2.75, 3.05) is 5.32 Å². The molecule has 124 valence electrons. The number of rotatable bonds is 8. The summed E-state index contributed by atoms with van der Waals surface area (Å²) in [6, 6.07) is 7.67. The molecular formula is C16H23Cl3N2O. The van der Waals surface area contributed by atoms with Crippen LogP contribution in [0.15, 0.2) is 24.3 Å². The molecule has 6 heteroatoms. The smallest absolute Gasteiger partial charge is 0.228 e. The molecule has 0 aliphatic heterocycles. The lowest BCUT2D eigenvalue weighted by molar-refractivity contribution is -0.121. The molecule has 1 atom stereocenters. The van der Waals surface area contributed by atoms with Crippen LogP contribution in [0.25, 0.3) is 0 Å². The van der Waals surface area contributed by atoms with Gasteiger partial charge >= 0.3 is 0 Å². The first-order chi connectivity index (χ1) is 10.3. The number of halogens is 3. The van der Waals surface area contributed by atoms with Gasteiger partial charge in [-0.15, -0.1) is 0 Å². The standard InChI is InChI=1S/C16H23Cl3N2O/c1-3-4-5-6-10-14(22)21-15(16(17,18)19)20-13-9-7-8-12(2)11-13/h7-9,11,15,20H,3-6,10H2,1-2H3,(H,21,22)/t15-/m1/s1. The van der Waals surface area contributed by atoms with Gasteiger partial charge in [0.25, 0.3) is 0 Å². The van der Waals surface area contributed by atoms with Gasteiger partial charge in [-0.2, -0.15) is 0 Å². The number of hydrogen-bond acceptors (Lipinski definition) is 2. The fourth-order valence-corrected chi connectivity index (χ4v) is 2.37. The van der Waals surface area contributed by atoms with Crippen molar-refractivity contribution in [3.05, 3.63) is 29.8 Å². The number of carbonyl (C=O) groups is 1. The maximum atomic E-state index is 12.0. The van der Waals surface area contributed by atoms with E-state index < -0.39 is 9.96 Å². The summed E-state index contributed by atoms with van der Waals surface area (Å²) in [5.41, 5.74) is 1.88. The SMILES string of the molecule is CCCCCCC(=O)N[C@@H](Nc1cccc(C)c1)C(Cl)(Cl)Cl. The third kappa shape index (κ3) is 7.57. The Balaban J connectivity index is 2.60. The molecule has 0 heterocycles. The Morgan fingerprint density at radius 3 is 2.55 bits per heavy atom. The molecule has 1 aromatic rings. The number of alkyl halides is 3. The van der Waals surface area contributed by atoms with Crippen LogP contribution in [-0.2, 0) is 4.79 Å². The van der Waals surface area contributed by atoms with E-state index in [9.17, 15) is 4.79 Å². The lowest BCUT2D eigenvalue weighted by Crippen LogP contribution is -2.49. The monoisotopic (exact) mass is 364 g/mol. The number of aryl methyl sites for hydroxylation is 1. The van der Waals surface area contributed by atoms with Crippen molar-refractivity contribution >= 4 is 46.4 Å². The van der Waals surface area contributed by atoms with Crippen molar-refractivity contribution in [1.29, 1.82) is 0 Å². The van der Waals surface area contributed by atoms with Gasteiger partial charge in [0.2, 0.25) is 9.70 Å². The molecule has 0 saturated carbocycles. The minimum absolute atomic E-state index is 0.118. The van der Waals surface area contributed by atoms with Gasteiger partial charge in [0.15, 0.2) is 0 Å². The Kier molecular flexibility index (Phi) is 8.37. The summed E-state index contributed by atoms with van der Waals surface area (Å²) in [6.45, 7) is 4.10. The molecule has 0 aliphatic carbocycles. The number of unbranched alkanes of at least 4 members (excludes halogenated alkanes) is 3. The molecule has 2 N–H and O–H groups in total. The molecule has 0 spiro atoms. The minimum Gasteiger partial charge on any atom is -0.362 e. The summed E-state index contributed by atoms with van der Waals surface area (Å²) < 4.78 is -1.64. The molecule has 3 nitrogen and oxygen atoms in total. The van der Waals surface area contributed by atoms with Crippen LogP contribution in [0.2, 0.25) is 0 Å². The van der Waals surface area contributed by atoms with Gasteiger partial charge in [0.05, 0.1) is 0 Å². The maximum absolute atomic E-state index is 12.0. The number of amides is 1. The Labute approximate surface area is 147 Å². The third-order valence-electron chi connectivity index (χ3n) is 3.22. The lowest BCUT2D eigenvalue weighted by atomic mass is 10.1. The van der Waals surface area contributed by atoms with Crippen LogP contribution in [-0.4, -0.2) is 15.9 Å². The molecule has 0 bridgehead atoms. The molecular weight excluding hydrogens is 343 g/mol. The predicted molar refractivity (Wildman–Crippen MR) is 95.8 cm³/mol. The molecule has 0 aromatic heterocycles. The summed E-state index contributed by atoms with van der Waals surface area (Å²) in [7, 11) is 0. The molecule has 0 unspecified atom stereocenters. The Morgan fingerprint density at radius 2 is 1.95 bits per heavy atom. The fraction of sp³-hybridized carbons (Fsp3) is 0.562. The van der Waals surface area contributed by atoms with E-state index in [0.717, 1.165) is 36.9 Å². The van der Waals surface area contributed by atoms with Gasteiger partial charge in [-0.25, -0.2) is 0 Å². The molecule has 0 saturated heterocycles. The quantitative estimate of drug-likeness (QED) is 0.378. The molecule has 1 amide bonds. The Hall–Kier alpha value is -0.640. The summed E-state index contributed by atoms with van der Waals surface area (Å²) in [4.78, 5) is 12.0. The maximum Gasteiger partial charge on any atom is 0.228 e. The topological polar surface area (TPSA) is 41.1 Å². The molecule has 1 rings (SSSR count). The van der Waals surface area contributed by atoms with E-state index in [0.29, 0.717) is 6.42 Å². The highest BCUT2D eigenvalue weighted by atomic mass is 35.6. The van der Waals surface area contributed by atoms with E-state index in [-0.39, 0.29) is 5.91 Å². The largest absolute Gasteiger partial charge is 0.362 e. The Bertz CT molecular complexity index is 475. The molecule has 1 aromatic carbocycles. The minimum atomic E-state index is -1.64. The average molecular weight is 366 g/mol. The number of hydrogen-bond donors (Lipinski definition) is 2. The van der Waals surface area contributed by atoms with Crippen LogP contribution < -0.4 is 10.6 Å². The van der Waals surface area contributed by atoms with Gasteiger partial charge < -0.3 is 10.6 Å². The van der Waals surface area contributed by atoms with Crippen molar-refractivity contribution in [1.82, 2.24) is 5.32 Å². The normalized spacial score (nSPS) is 12.8. The van der Waals surface area contributed by atoms with Gasteiger partial charge in [-0.1, -0.05) is 73.1 Å². The van der Waals surface area contributed by atoms with Crippen molar-refractivity contribution in [2.45, 2.75) is 55.9 Å². The van der Waals surface area contributed by atoms with Gasteiger partial charge in [-0.3, -0.25) is 4.79 Å². The zero-order valence-corrected chi connectivity index (χ0v) is 15.2. The van der Waals surface area contributed by atoms with Gasteiger partial charge in [0.1, 0.15) is 6.17 Å². The van der Waals surface area contributed by atoms with Crippen LogP contribution in [0, 0.1) is 6.92 Å². The highest BCUT2D eigenvalue weighted by molar-refractivity contribution is 6.68. The molecule has 0 radical (unpaired) electrons. The second-order valence-corrected chi connectivity index (χ2v) is 7.74. The summed E-state index contributed by atoms with van der Waals surface area (Å²) in [6.07, 6.45) is 3.80. The first kappa shape index (κ1) is 19.4. The van der Waals surface area contributed by atoms with E-state index in [2.05, 4.69) is 17.6 Å². The number of carbonyl (C=O) groups excluding carboxylic acids is 1. The van der Waals surface area contributed by atoms with Crippen molar-refractivity contribution in [2.24, 2.45) is 0 Å². The number of anilines is 1. The fourth-order valence-electron chi connectivity index (χ4n) is 2.05. The van der Waals surface area contributed by atoms with Gasteiger partial charge in [-0.05, 0) is 31.0 Å². The second kappa shape index (κ2) is 9.49. The zero-order chi connectivity index (χ0) is 16.6. The van der Waals surface area contributed by atoms with Gasteiger partial charge in [0, 0.05) is 12.1 Å². The summed E-state index contributed by atoms with van der Waals surface area (Å²) >= 11 is 17.9. The summed E-state index contributed by atoms with van der Waals surface area (Å²) in [5, 5.41) is 5.82. The van der Waals surface area contributed by atoms with Crippen molar-refractivity contribution in [3.63, 3.8) is 0 Å². The van der Waals surface area contributed by atoms with E-state index in [1.54, 1.807) is 0 Å². The van der Waals surface area contributed by atoms with E-state index in [1.165, 1.54) is 0 Å². The van der Waals surface area contributed by atoms with Crippen LogP contribution in [0.1, 0.15) is 44.6 Å². The Morgan fingerprint density at radius 1 is 1.23 bits per heavy atom. The van der Waals surface area contributed by atoms with E-state index in [4.69, 9.17) is 34.8 Å². The van der Waals surface area contributed by atoms with Crippen LogP contribution in [0.5, 0.6) is 0 Å². The molecule has 22 heavy (non-hydrogen) atoms. The highest BCUT2D eigenvalue weighted by Crippen LogP contribution is 2.31. The number of benzene rings is 1. The third-order valence-corrected chi connectivity index (χ3v) is 3.87. The molecule has 0 aliphatic rings. The van der Waals surface area contributed by atoms with E-state index in [1.807, 2.05) is 31.2 Å². The first-order valence-electron chi connectivity index (χ1n) is 7.52. The van der Waals surface area contributed by atoms with Crippen molar-refractivity contribution in [3.8, 4) is 0 Å². The summed E-state index contributed by atoms with van der Waals surface area (Å²) in [5.74, 6) is -0.118. The first-order valence-corrected chi connectivity index (χ1v) is 8.65. The number of nitrogens with one attached hydrogen (secondary N) is 2. The van der Waals surface area contributed by atoms with Crippen molar-refractivity contribution < 1.29 is 4.79 Å². The zero-order valence-electron chi connectivity index (χ0n) is 13.0. The van der Waals surface area contributed by atoms with Crippen LogP contribution in [0.4, 0.5) is 5.69 Å². The average Bonchev–Trinajstić information content (AvgIpc) is 2.42. The van der Waals surface area contributed by atoms with E-state index >= 15 is 0 Å². The van der Waals surface area contributed by atoms with Crippen LogP contribution in [0.3, 0.4) is 0 Å². The highest BCUT2D eigenvalue weighted by Gasteiger charge is 2.33. The second-order valence-electron chi connectivity index (χ2n) is 5.37. The molecule has 0 fully saturated rings. The van der Waals surface area contributed by atoms with Crippen LogP contribution >= 0.6 is 34.8 Å². The predicted octanol–water partition coefficient (Wildman–Crippen LogP) is 5.19.